The molecule has 0 spiro atoms. The highest BCUT2D eigenvalue weighted by molar-refractivity contribution is 5.93. The summed E-state index contributed by atoms with van der Waals surface area (Å²) >= 11 is 0. The van der Waals surface area contributed by atoms with Crippen LogP contribution in [0.5, 0.6) is 0 Å². The van der Waals surface area contributed by atoms with Gasteiger partial charge in [0.2, 0.25) is 11.8 Å². The Morgan fingerprint density at radius 3 is 2.58 bits per heavy atom. The fourth-order valence-corrected chi connectivity index (χ4v) is 6.12. The molecule has 2 aliphatic heterocycles. The number of hydrogen-bond donors (Lipinski definition) is 1. The second kappa shape index (κ2) is 10.4. The highest BCUT2D eigenvalue weighted by Gasteiger charge is 2.47. The third kappa shape index (κ3) is 4.90. The minimum atomic E-state index is -0.386. The maximum Gasteiger partial charge on any atom is 0.274 e. The summed E-state index contributed by atoms with van der Waals surface area (Å²) in [5.74, 6) is -0.711. The van der Waals surface area contributed by atoms with Gasteiger partial charge in [-0.2, -0.15) is 5.10 Å². The van der Waals surface area contributed by atoms with Crippen molar-refractivity contribution in [1.82, 2.24) is 24.9 Å². The van der Waals surface area contributed by atoms with Gasteiger partial charge in [-0.3, -0.25) is 19.1 Å². The summed E-state index contributed by atoms with van der Waals surface area (Å²) in [7, 11) is 1.83. The highest BCUT2D eigenvalue weighted by atomic mass is 16.2. The summed E-state index contributed by atoms with van der Waals surface area (Å²) in [6, 6.07) is 9.80. The molecule has 8 nitrogen and oxygen atoms in total. The average Bonchev–Trinajstić information content (AvgIpc) is 3.47. The summed E-state index contributed by atoms with van der Waals surface area (Å²) < 4.78 is 1.71. The zero-order chi connectivity index (χ0) is 25.2. The number of nitrogens with one attached hydrogen (secondary N) is 1. The van der Waals surface area contributed by atoms with Crippen LogP contribution in [0.3, 0.4) is 0 Å². The lowest BCUT2D eigenvalue weighted by molar-refractivity contribution is -0.136. The lowest BCUT2D eigenvalue weighted by atomic mass is 9.97. The molecular formula is C28H37N5O3. The second-order valence-electron chi connectivity index (χ2n) is 10.6. The first kappa shape index (κ1) is 24.5. The predicted molar refractivity (Wildman–Crippen MR) is 136 cm³/mol. The summed E-state index contributed by atoms with van der Waals surface area (Å²) in [5, 5.41) is 7.53. The van der Waals surface area contributed by atoms with Crippen molar-refractivity contribution in [3.05, 3.63) is 52.8 Å². The van der Waals surface area contributed by atoms with Crippen molar-refractivity contribution in [1.29, 1.82) is 0 Å². The van der Waals surface area contributed by atoms with E-state index in [1.807, 2.05) is 42.0 Å². The van der Waals surface area contributed by atoms with E-state index in [2.05, 4.69) is 22.5 Å². The number of nitrogens with zero attached hydrogens (tertiary/aromatic N) is 4. The van der Waals surface area contributed by atoms with E-state index >= 15 is 0 Å². The van der Waals surface area contributed by atoms with Crippen LogP contribution in [0.15, 0.2) is 30.3 Å². The second-order valence-corrected chi connectivity index (χ2v) is 10.6. The third-order valence-electron chi connectivity index (χ3n) is 8.28. The van der Waals surface area contributed by atoms with Crippen LogP contribution in [0.4, 0.5) is 0 Å². The van der Waals surface area contributed by atoms with E-state index in [0.29, 0.717) is 44.7 Å². The fourth-order valence-electron chi connectivity index (χ4n) is 6.12. The zero-order valence-electron chi connectivity index (χ0n) is 21.4. The van der Waals surface area contributed by atoms with Crippen molar-refractivity contribution in [3.63, 3.8) is 0 Å². The normalized spacial score (nSPS) is 24.9. The molecule has 1 aliphatic carbocycles. The molecule has 0 bridgehead atoms. The van der Waals surface area contributed by atoms with Crippen molar-refractivity contribution in [2.75, 3.05) is 19.6 Å². The van der Waals surface area contributed by atoms with Gasteiger partial charge in [0.1, 0.15) is 0 Å². The Labute approximate surface area is 213 Å². The van der Waals surface area contributed by atoms with Gasteiger partial charge < -0.3 is 15.1 Å². The zero-order valence-corrected chi connectivity index (χ0v) is 21.4. The van der Waals surface area contributed by atoms with Gasteiger partial charge in [0.05, 0.1) is 5.92 Å². The number of carbonyl (C=O) groups is 3. The van der Waals surface area contributed by atoms with Gasteiger partial charge in [-0.1, -0.05) is 37.1 Å². The van der Waals surface area contributed by atoms with Gasteiger partial charge in [-0.25, -0.2) is 0 Å². The largest absolute Gasteiger partial charge is 0.356 e. The van der Waals surface area contributed by atoms with Crippen LogP contribution in [-0.2, 0) is 29.6 Å². The van der Waals surface area contributed by atoms with Gasteiger partial charge in [-0.05, 0) is 56.2 Å². The number of rotatable bonds is 2. The molecule has 3 atom stereocenters. The van der Waals surface area contributed by atoms with Gasteiger partial charge in [0.25, 0.3) is 5.91 Å². The monoisotopic (exact) mass is 491 g/mol. The van der Waals surface area contributed by atoms with E-state index < -0.39 is 0 Å². The number of aryl methyl sites for hydroxylation is 2. The fraction of sp³-hybridized carbons (Fsp3) is 0.571. The number of amides is 3. The molecule has 36 heavy (non-hydrogen) atoms. The van der Waals surface area contributed by atoms with E-state index in [1.165, 1.54) is 11.1 Å². The van der Waals surface area contributed by atoms with Crippen molar-refractivity contribution >= 4 is 17.7 Å². The van der Waals surface area contributed by atoms with Crippen molar-refractivity contribution in [2.45, 2.75) is 64.5 Å². The third-order valence-corrected chi connectivity index (χ3v) is 8.28. The van der Waals surface area contributed by atoms with Crippen LogP contribution >= 0.6 is 0 Å². The number of fused-ring (bicyclic) bond motifs is 2. The Morgan fingerprint density at radius 2 is 1.81 bits per heavy atom. The van der Waals surface area contributed by atoms with Gasteiger partial charge in [0.15, 0.2) is 5.69 Å². The molecule has 3 amide bonds. The van der Waals surface area contributed by atoms with Gasteiger partial charge in [0, 0.05) is 50.9 Å². The lowest BCUT2D eigenvalue weighted by Gasteiger charge is -2.32. The molecule has 1 saturated heterocycles. The molecule has 2 fully saturated rings. The first-order valence-corrected chi connectivity index (χ1v) is 13.4. The van der Waals surface area contributed by atoms with Crippen LogP contribution < -0.4 is 5.32 Å². The van der Waals surface area contributed by atoms with Crippen LogP contribution in [0, 0.1) is 18.8 Å². The Bertz CT molecular complexity index is 1120. The minimum absolute atomic E-state index is 0.0313. The standard InChI is InChI=1S/C28H37N5O3/c1-19-15-24(30-31(19)2)28(36)33-13-8-4-3-7-12-29-26(34)23-16-22(17-25(23)33)27(35)32-14-11-20-9-5-6-10-21(20)18-32/h5-6,9-10,15,22-23,25H,3-4,7-8,11-14,16-18H2,1-2H3,(H,29,34)/t22-,23-,25+/m1/s1. The smallest absolute Gasteiger partial charge is 0.274 e. The maximum atomic E-state index is 13.7. The highest BCUT2D eigenvalue weighted by Crippen LogP contribution is 2.38. The lowest BCUT2D eigenvalue weighted by Crippen LogP contribution is -2.47. The summed E-state index contributed by atoms with van der Waals surface area (Å²) in [6.07, 6.45) is 5.71. The average molecular weight is 492 g/mol. The molecule has 2 aromatic rings. The molecular weight excluding hydrogens is 454 g/mol. The van der Waals surface area contributed by atoms with E-state index in [0.717, 1.165) is 37.8 Å². The Balaban J connectivity index is 1.39. The van der Waals surface area contributed by atoms with E-state index in [-0.39, 0.29) is 35.6 Å². The Morgan fingerprint density at radius 1 is 1.03 bits per heavy atom. The molecule has 0 unspecified atom stereocenters. The summed E-state index contributed by atoms with van der Waals surface area (Å²) in [4.78, 5) is 44.5. The SMILES string of the molecule is Cc1cc(C(=O)N2CCCCCCNC(=O)[C@@H]3C[C@@H](C(=O)N4CCc5ccccc5C4)C[C@@H]32)nn1C. The number of hydrogen-bond acceptors (Lipinski definition) is 4. The number of aromatic nitrogens is 2. The Kier molecular flexibility index (Phi) is 7.12. The molecule has 1 aromatic carbocycles. The van der Waals surface area contributed by atoms with Crippen LogP contribution in [0.25, 0.3) is 0 Å². The van der Waals surface area contributed by atoms with Crippen molar-refractivity contribution in [3.8, 4) is 0 Å². The van der Waals surface area contributed by atoms with Crippen LogP contribution in [0.1, 0.15) is 65.8 Å². The van der Waals surface area contributed by atoms with E-state index in [1.54, 1.807) is 4.68 Å². The first-order chi connectivity index (χ1) is 17.4. The summed E-state index contributed by atoms with van der Waals surface area (Å²) in [5.41, 5.74) is 3.83. The van der Waals surface area contributed by atoms with Crippen LogP contribution in [-0.4, -0.2) is 63.0 Å². The topological polar surface area (TPSA) is 87.5 Å². The number of carbonyl (C=O) groups excluding carboxylic acids is 3. The minimum Gasteiger partial charge on any atom is -0.356 e. The molecule has 1 N–H and O–H groups in total. The van der Waals surface area contributed by atoms with Crippen LogP contribution in [0.2, 0.25) is 0 Å². The summed E-state index contributed by atoms with van der Waals surface area (Å²) in [6.45, 7) is 4.47. The predicted octanol–water partition coefficient (Wildman–Crippen LogP) is 2.84. The molecule has 3 aliphatic rings. The van der Waals surface area contributed by atoms with Crippen molar-refractivity contribution < 1.29 is 14.4 Å². The Hall–Kier alpha value is -3.16. The molecule has 1 saturated carbocycles. The molecule has 8 heteroatoms. The molecule has 1 aromatic heterocycles. The quantitative estimate of drug-likeness (QED) is 0.700. The molecule has 3 heterocycles. The van der Waals surface area contributed by atoms with E-state index in [4.69, 9.17) is 0 Å². The van der Waals surface area contributed by atoms with Crippen molar-refractivity contribution in [2.24, 2.45) is 18.9 Å². The van der Waals surface area contributed by atoms with Gasteiger partial charge >= 0.3 is 0 Å². The molecule has 5 rings (SSSR count). The van der Waals surface area contributed by atoms with E-state index in [9.17, 15) is 14.4 Å². The van der Waals surface area contributed by atoms with Gasteiger partial charge in [-0.15, -0.1) is 0 Å². The molecule has 0 radical (unpaired) electrons. The first-order valence-electron chi connectivity index (χ1n) is 13.4. The molecule has 192 valence electrons. The maximum absolute atomic E-state index is 13.7. The number of benzene rings is 1.